The molecule has 0 N–H and O–H groups in total. The van der Waals surface area contributed by atoms with Crippen molar-refractivity contribution in [3.8, 4) is 0 Å². The molecular weight excluding hydrogens is 327 g/mol. The Kier molecular flexibility index (Phi) is 5.64. The lowest BCUT2D eigenvalue weighted by atomic mass is 9.77. The average molecular weight is 346 g/mol. The summed E-state index contributed by atoms with van der Waals surface area (Å²) in [5.41, 5.74) is -0.781. The van der Waals surface area contributed by atoms with Gasteiger partial charge in [-0.15, -0.1) is 0 Å². The summed E-state index contributed by atoms with van der Waals surface area (Å²) in [6.07, 6.45) is -5.94. The molecule has 0 aliphatic heterocycles. The maximum absolute atomic E-state index is 12.8. The predicted molar refractivity (Wildman–Crippen MR) is 68.7 cm³/mol. The molecule has 0 amide bonds. The first-order chi connectivity index (χ1) is 10.3. The highest BCUT2D eigenvalue weighted by Gasteiger charge is 2.65. The van der Waals surface area contributed by atoms with E-state index in [4.69, 9.17) is 4.74 Å². The van der Waals surface area contributed by atoms with E-state index >= 15 is 0 Å². The molecule has 23 heavy (non-hydrogen) atoms. The van der Waals surface area contributed by atoms with Crippen LogP contribution in [0.2, 0.25) is 0 Å². The van der Waals surface area contributed by atoms with E-state index in [0.29, 0.717) is 12.8 Å². The molecule has 1 aliphatic carbocycles. The van der Waals surface area contributed by atoms with Crippen LogP contribution in [0.3, 0.4) is 0 Å². The minimum atomic E-state index is -5.97. The molecule has 134 valence electrons. The van der Waals surface area contributed by atoms with Crippen LogP contribution in [0.1, 0.15) is 46.5 Å². The highest BCUT2D eigenvalue weighted by molar-refractivity contribution is 5.78. The van der Waals surface area contributed by atoms with Crippen LogP contribution in [-0.4, -0.2) is 35.7 Å². The highest BCUT2D eigenvalue weighted by atomic mass is 19.4. The van der Waals surface area contributed by atoms with Gasteiger partial charge in [-0.25, -0.2) is 4.79 Å². The molecule has 0 bridgehead atoms. The van der Waals surface area contributed by atoms with Crippen molar-refractivity contribution in [3.05, 3.63) is 0 Å². The molecule has 0 aromatic heterocycles. The number of carbonyl (C=O) groups is 2. The van der Waals surface area contributed by atoms with Gasteiger partial charge in [0.1, 0.15) is 11.7 Å². The zero-order valence-electron chi connectivity index (χ0n) is 13.0. The smallest absolute Gasteiger partial charge is 0.460 e. The topological polar surface area (TPSA) is 52.6 Å². The van der Waals surface area contributed by atoms with Crippen LogP contribution in [0.5, 0.6) is 0 Å². The van der Waals surface area contributed by atoms with Crippen LogP contribution in [0.25, 0.3) is 0 Å². The molecule has 1 aliphatic rings. The molecule has 0 radical (unpaired) electrons. The van der Waals surface area contributed by atoms with Crippen molar-refractivity contribution in [1.29, 1.82) is 0 Å². The van der Waals surface area contributed by atoms with Crippen LogP contribution < -0.4 is 0 Å². The summed E-state index contributed by atoms with van der Waals surface area (Å²) >= 11 is 0. The van der Waals surface area contributed by atoms with Crippen molar-refractivity contribution in [1.82, 2.24) is 0 Å². The SMILES string of the molecule is CC(=O)OC(C)(C)C1CCC(OC(=O)C(F)(F)C(F)(F)F)CC1. The summed E-state index contributed by atoms with van der Waals surface area (Å²) in [5, 5.41) is 0. The molecule has 1 saturated carbocycles. The Morgan fingerprint density at radius 2 is 1.43 bits per heavy atom. The molecule has 0 heterocycles. The lowest BCUT2D eigenvalue weighted by Crippen LogP contribution is -2.47. The molecule has 0 unspecified atom stereocenters. The normalized spacial score (nSPS) is 23.3. The fourth-order valence-electron chi connectivity index (χ4n) is 2.67. The fraction of sp³-hybridized carbons (Fsp3) is 0.857. The average Bonchev–Trinajstić information content (AvgIpc) is 2.36. The molecule has 9 heteroatoms. The van der Waals surface area contributed by atoms with Gasteiger partial charge in [-0.3, -0.25) is 4.79 Å². The van der Waals surface area contributed by atoms with E-state index < -0.39 is 35.7 Å². The van der Waals surface area contributed by atoms with Gasteiger partial charge in [0, 0.05) is 6.92 Å². The number of rotatable bonds is 4. The quantitative estimate of drug-likeness (QED) is 0.576. The lowest BCUT2D eigenvalue weighted by molar-refractivity contribution is -0.282. The van der Waals surface area contributed by atoms with Crippen LogP contribution in [0.15, 0.2) is 0 Å². The van der Waals surface area contributed by atoms with E-state index in [2.05, 4.69) is 4.74 Å². The monoisotopic (exact) mass is 346 g/mol. The molecule has 0 spiro atoms. The minimum absolute atomic E-state index is 0.0931. The van der Waals surface area contributed by atoms with Gasteiger partial charge >= 0.3 is 24.0 Å². The van der Waals surface area contributed by atoms with E-state index in [-0.39, 0.29) is 18.8 Å². The molecule has 0 saturated heterocycles. The number of hydrogen-bond acceptors (Lipinski definition) is 4. The van der Waals surface area contributed by atoms with Gasteiger partial charge < -0.3 is 9.47 Å². The minimum Gasteiger partial charge on any atom is -0.460 e. The van der Waals surface area contributed by atoms with Crippen molar-refractivity contribution >= 4 is 11.9 Å². The van der Waals surface area contributed by atoms with Crippen LogP contribution in [0.4, 0.5) is 22.0 Å². The van der Waals surface area contributed by atoms with Gasteiger partial charge in [0.25, 0.3) is 0 Å². The number of hydrogen-bond donors (Lipinski definition) is 0. The number of carbonyl (C=O) groups excluding carboxylic acids is 2. The van der Waals surface area contributed by atoms with Gasteiger partial charge in [-0.2, -0.15) is 22.0 Å². The van der Waals surface area contributed by atoms with Crippen LogP contribution >= 0.6 is 0 Å². The van der Waals surface area contributed by atoms with E-state index in [1.165, 1.54) is 6.92 Å². The first-order valence-corrected chi connectivity index (χ1v) is 7.12. The molecule has 0 atom stereocenters. The van der Waals surface area contributed by atoms with Crippen molar-refractivity contribution in [2.45, 2.75) is 70.3 Å². The summed E-state index contributed by atoms with van der Waals surface area (Å²) in [7, 11) is 0. The molecule has 0 aromatic rings. The second-order valence-corrected chi connectivity index (χ2v) is 6.15. The van der Waals surface area contributed by atoms with E-state index in [1.807, 2.05) is 0 Å². The Morgan fingerprint density at radius 1 is 0.957 bits per heavy atom. The largest absolute Gasteiger partial charge is 0.465 e. The lowest BCUT2D eigenvalue weighted by Gasteiger charge is -2.38. The van der Waals surface area contributed by atoms with E-state index in [0.717, 1.165) is 0 Å². The van der Waals surface area contributed by atoms with E-state index in [9.17, 15) is 31.5 Å². The second kappa shape index (κ2) is 6.60. The fourth-order valence-corrected chi connectivity index (χ4v) is 2.67. The summed E-state index contributed by atoms with van der Waals surface area (Å²) in [6, 6.07) is 0. The number of esters is 2. The molecular formula is C14H19F5O4. The molecule has 0 aromatic carbocycles. The van der Waals surface area contributed by atoms with Crippen LogP contribution in [0, 0.1) is 5.92 Å². The predicted octanol–water partition coefficient (Wildman–Crippen LogP) is 3.63. The zero-order valence-corrected chi connectivity index (χ0v) is 13.0. The molecule has 1 rings (SSSR count). The Balaban J connectivity index is 2.58. The maximum Gasteiger partial charge on any atom is 0.465 e. The van der Waals surface area contributed by atoms with Crippen molar-refractivity contribution in [3.63, 3.8) is 0 Å². The number of ether oxygens (including phenoxy) is 2. The standard InChI is InChI=1S/C14H19F5O4/c1-8(20)23-12(2,3)9-4-6-10(7-5-9)22-11(21)13(15,16)14(17,18)19/h9-10H,4-7H2,1-3H3. The maximum atomic E-state index is 12.8. The van der Waals surface area contributed by atoms with Crippen molar-refractivity contribution in [2.75, 3.05) is 0 Å². The van der Waals surface area contributed by atoms with E-state index in [1.54, 1.807) is 13.8 Å². The van der Waals surface area contributed by atoms with Gasteiger partial charge in [-0.05, 0) is 45.4 Å². The summed E-state index contributed by atoms with van der Waals surface area (Å²) in [5.74, 6) is -8.65. The third kappa shape index (κ3) is 4.78. The molecule has 1 fully saturated rings. The van der Waals surface area contributed by atoms with Crippen LogP contribution in [-0.2, 0) is 19.1 Å². The Bertz CT molecular complexity index is 451. The number of halogens is 5. The van der Waals surface area contributed by atoms with Gasteiger partial charge in [-0.1, -0.05) is 0 Å². The van der Waals surface area contributed by atoms with Gasteiger partial charge in [0.2, 0.25) is 0 Å². The molecule has 4 nitrogen and oxygen atoms in total. The third-order valence-corrected chi connectivity index (χ3v) is 3.95. The number of alkyl halides is 5. The van der Waals surface area contributed by atoms with Gasteiger partial charge in [0.15, 0.2) is 0 Å². The Morgan fingerprint density at radius 3 is 1.83 bits per heavy atom. The third-order valence-electron chi connectivity index (χ3n) is 3.95. The second-order valence-electron chi connectivity index (χ2n) is 6.15. The summed E-state index contributed by atoms with van der Waals surface area (Å²) < 4.78 is 71.4. The first kappa shape index (κ1) is 19.6. The first-order valence-electron chi connectivity index (χ1n) is 7.12. The van der Waals surface area contributed by atoms with Crippen molar-refractivity contribution < 1.29 is 41.0 Å². The highest BCUT2D eigenvalue weighted by Crippen LogP contribution is 2.39. The van der Waals surface area contributed by atoms with Gasteiger partial charge in [0.05, 0.1) is 0 Å². The summed E-state index contributed by atoms with van der Waals surface area (Å²) in [4.78, 5) is 22.1. The Labute approximate surface area is 130 Å². The van der Waals surface area contributed by atoms with Crippen molar-refractivity contribution in [2.24, 2.45) is 5.92 Å². The zero-order chi connectivity index (χ0) is 18.1. The Hall–Kier alpha value is -1.41. The summed E-state index contributed by atoms with van der Waals surface area (Å²) in [6.45, 7) is 4.65.